The maximum absolute atomic E-state index is 12.9. The summed E-state index contributed by atoms with van der Waals surface area (Å²) in [4.78, 5) is 2.58. The maximum Gasteiger partial charge on any atom is 0.240 e. The minimum atomic E-state index is -3.58. The molecule has 0 spiro atoms. The Hall–Kier alpha value is -1.77. The van der Waals surface area contributed by atoms with Crippen LogP contribution in [-0.4, -0.2) is 46.2 Å². The van der Waals surface area contributed by atoms with E-state index >= 15 is 0 Å². The second kappa shape index (κ2) is 8.08. The van der Waals surface area contributed by atoms with Crippen LogP contribution in [0.2, 0.25) is 0 Å². The average molecular weight is 403 g/mol. The first-order valence-electron chi connectivity index (χ1n) is 8.96. The Kier molecular flexibility index (Phi) is 5.56. The minimum absolute atomic E-state index is 0.00961. The Morgan fingerprint density at radius 3 is 2.59 bits per heavy atom. The lowest BCUT2D eigenvalue weighted by atomic mass is 10.1. The summed E-state index contributed by atoms with van der Waals surface area (Å²) < 4.78 is 34.0. The van der Waals surface area contributed by atoms with Gasteiger partial charge < -0.3 is 4.74 Å². The number of hydrogen-bond acceptors (Lipinski definition) is 5. The smallest absolute Gasteiger partial charge is 0.240 e. The van der Waals surface area contributed by atoms with E-state index in [4.69, 9.17) is 4.74 Å². The highest BCUT2D eigenvalue weighted by atomic mass is 32.2. The molecule has 0 radical (unpaired) electrons. The van der Waals surface area contributed by atoms with Gasteiger partial charge >= 0.3 is 0 Å². The number of benzene rings is 2. The van der Waals surface area contributed by atoms with Crippen molar-refractivity contribution < 1.29 is 13.2 Å². The Balaban J connectivity index is 1.54. The van der Waals surface area contributed by atoms with Gasteiger partial charge in [0.2, 0.25) is 10.0 Å². The molecule has 1 fully saturated rings. The fourth-order valence-electron chi connectivity index (χ4n) is 3.42. The predicted octanol–water partition coefficient (Wildman–Crippen LogP) is 3.25. The van der Waals surface area contributed by atoms with Crippen molar-refractivity contribution in [2.45, 2.75) is 10.9 Å². The molecule has 0 aliphatic carbocycles. The van der Waals surface area contributed by atoms with Crippen molar-refractivity contribution in [2.75, 3.05) is 32.8 Å². The number of morpholine rings is 1. The van der Waals surface area contributed by atoms with Gasteiger partial charge in [0.05, 0.1) is 18.1 Å². The van der Waals surface area contributed by atoms with Gasteiger partial charge in [-0.15, -0.1) is 0 Å². The van der Waals surface area contributed by atoms with Crippen LogP contribution in [0.25, 0.3) is 10.8 Å². The third kappa shape index (κ3) is 4.23. The van der Waals surface area contributed by atoms with Crippen molar-refractivity contribution in [1.29, 1.82) is 0 Å². The number of hydrogen-bond donors (Lipinski definition) is 1. The molecule has 2 aromatic carbocycles. The quantitative estimate of drug-likeness (QED) is 0.688. The molecule has 0 unspecified atom stereocenters. The zero-order valence-corrected chi connectivity index (χ0v) is 16.5. The lowest BCUT2D eigenvalue weighted by Gasteiger charge is -2.34. The van der Waals surface area contributed by atoms with Crippen LogP contribution < -0.4 is 4.72 Å². The normalized spacial score (nSPS) is 17.2. The molecule has 0 amide bonds. The molecule has 1 aromatic heterocycles. The molecule has 27 heavy (non-hydrogen) atoms. The maximum atomic E-state index is 12.9. The third-order valence-corrected chi connectivity index (χ3v) is 7.04. The summed E-state index contributed by atoms with van der Waals surface area (Å²) in [5.41, 5.74) is 1.14. The second-order valence-corrected chi connectivity index (χ2v) is 9.13. The first kappa shape index (κ1) is 18.6. The number of fused-ring (bicyclic) bond motifs is 1. The SMILES string of the molecule is O=S(=O)(NC[C@H](c1ccsc1)N1CCOCC1)c1ccc2ccccc2c1. The van der Waals surface area contributed by atoms with Crippen LogP contribution in [0.1, 0.15) is 11.6 Å². The highest BCUT2D eigenvalue weighted by Crippen LogP contribution is 2.25. The lowest BCUT2D eigenvalue weighted by Crippen LogP contribution is -2.43. The van der Waals surface area contributed by atoms with Gasteiger partial charge in [-0.05, 0) is 45.3 Å². The first-order valence-corrected chi connectivity index (χ1v) is 11.4. The summed E-state index contributed by atoms with van der Waals surface area (Å²) in [6, 6.07) is 15.1. The zero-order chi connectivity index (χ0) is 18.7. The Morgan fingerprint density at radius 2 is 1.85 bits per heavy atom. The first-order chi connectivity index (χ1) is 13.1. The summed E-state index contributed by atoms with van der Waals surface area (Å²) in [7, 11) is -3.58. The molecular weight excluding hydrogens is 380 g/mol. The van der Waals surface area contributed by atoms with Crippen molar-refractivity contribution in [3.63, 3.8) is 0 Å². The number of sulfonamides is 1. The van der Waals surface area contributed by atoms with E-state index in [0.29, 0.717) is 24.7 Å². The van der Waals surface area contributed by atoms with Gasteiger partial charge in [0, 0.05) is 25.7 Å². The van der Waals surface area contributed by atoms with Crippen LogP contribution in [0.5, 0.6) is 0 Å². The lowest BCUT2D eigenvalue weighted by molar-refractivity contribution is 0.0173. The molecule has 3 aromatic rings. The van der Waals surface area contributed by atoms with Crippen molar-refractivity contribution in [3.8, 4) is 0 Å². The van der Waals surface area contributed by atoms with Crippen LogP contribution in [0.3, 0.4) is 0 Å². The molecule has 2 heterocycles. The van der Waals surface area contributed by atoms with Crippen LogP contribution in [0.15, 0.2) is 64.2 Å². The summed E-state index contributed by atoms with van der Waals surface area (Å²) in [6.07, 6.45) is 0. The molecule has 142 valence electrons. The minimum Gasteiger partial charge on any atom is -0.379 e. The van der Waals surface area contributed by atoms with Crippen molar-refractivity contribution >= 4 is 32.1 Å². The third-order valence-electron chi connectivity index (χ3n) is 4.91. The fraction of sp³-hybridized carbons (Fsp3) is 0.300. The number of nitrogens with one attached hydrogen (secondary N) is 1. The molecule has 0 saturated carbocycles. The topological polar surface area (TPSA) is 58.6 Å². The van der Waals surface area contributed by atoms with Crippen LogP contribution in [0, 0.1) is 0 Å². The van der Waals surface area contributed by atoms with Crippen molar-refractivity contribution in [3.05, 3.63) is 64.9 Å². The van der Waals surface area contributed by atoms with E-state index in [1.165, 1.54) is 0 Å². The van der Waals surface area contributed by atoms with Crippen LogP contribution in [-0.2, 0) is 14.8 Å². The zero-order valence-electron chi connectivity index (χ0n) is 14.9. The standard InChI is InChI=1S/C20H22N2O3S2/c23-27(24,19-6-5-16-3-1-2-4-17(16)13-19)21-14-20(18-7-12-26-15-18)22-8-10-25-11-9-22/h1-7,12-13,15,20-21H,8-11,14H2/t20-/m1/s1. The molecule has 0 bridgehead atoms. The monoisotopic (exact) mass is 402 g/mol. The van der Waals surface area contributed by atoms with Gasteiger partial charge in [-0.3, -0.25) is 4.90 Å². The van der Waals surface area contributed by atoms with E-state index in [-0.39, 0.29) is 6.04 Å². The number of nitrogens with zero attached hydrogens (tertiary/aromatic N) is 1. The number of ether oxygens (including phenoxy) is 1. The van der Waals surface area contributed by atoms with Gasteiger partial charge in [0.1, 0.15) is 0 Å². The summed E-state index contributed by atoms with van der Waals surface area (Å²) in [6.45, 7) is 3.30. The highest BCUT2D eigenvalue weighted by molar-refractivity contribution is 7.89. The molecule has 1 N–H and O–H groups in total. The molecule has 7 heteroatoms. The van der Waals surface area contributed by atoms with E-state index < -0.39 is 10.0 Å². The Morgan fingerprint density at radius 1 is 1.07 bits per heavy atom. The largest absolute Gasteiger partial charge is 0.379 e. The summed E-state index contributed by atoms with van der Waals surface area (Å²) >= 11 is 1.63. The van der Waals surface area contributed by atoms with Crippen molar-refractivity contribution in [1.82, 2.24) is 9.62 Å². The molecule has 1 aliphatic rings. The fourth-order valence-corrected chi connectivity index (χ4v) is 5.20. The summed E-state index contributed by atoms with van der Waals surface area (Å²) in [5, 5.41) is 6.06. The van der Waals surface area contributed by atoms with E-state index in [1.807, 2.05) is 35.7 Å². The molecule has 1 atom stereocenters. The van der Waals surface area contributed by atoms with Gasteiger partial charge in [0.25, 0.3) is 0 Å². The van der Waals surface area contributed by atoms with Crippen molar-refractivity contribution in [2.24, 2.45) is 0 Å². The van der Waals surface area contributed by atoms with Crippen LogP contribution in [0.4, 0.5) is 0 Å². The van der Waals surface area contributed by atoms with Gasteiger partial charge in [-0.1, -0.05) is 30.3 Å². The van der Waals surface area contributed by atoms with Gasteiger partial charge in [0.15, 0.2) is 0 Å². The van der Waals surface area contributed by atoms with E-state index in [9.17, 15) is 8.42 Å². The predicted molar refractivity (Wildman–Crippen MR) is 109 cm³/mol. The van der Waals surface area contributed by atoms with E-state index in [1.54, 1.807) is 23.5 Å². The van der Waals surface area contributed by atoms with Gasteiger partial charge in [-0.25, -0.2) is 13.1 Å². The number of thiophene rings is 1. The average Bonchev–Trinajstić information content (AvgIpc) is 3.23. The second-order valence-electron chi connectivity index (χ2n) is 6.58. The summed E-state index contributed by atoms with van der Waals surface area (Å²) in [5.74, 6) is 0. The molecule has 1 aliphatic heterocycles. The van der Waals surface area contributed by atoms with Crippen LogP contribution >= 0.6 is 11.3 Å². The molecule has 5 nitrogen and oxygen atoms in total. The molecule has 1 saturated heterocycles. The molecule has 4 rings (SSSR count). The van der Waals surface area contributed by atoms with E-state index in [2.05, 4.69) is 21.1 Å². The Bertz CT molecular complexity index is 997. The Labute approximate surface area is 163 Å². The van der Waals surface area contributed by atoms with E-state index in [0.717, 1.165) is 29.4 Å². The molecular formula is C20H22N2O3S2. The highest BCUT2D eigenvalue weighted by Gasteiger charge is 2.25. The van der Waals surface area contributed by atoms with Gasteiger partial charge in [-0.2, -0.15) is 11.3 Å². The number of rotatable bonds is 6.